The molecule has 0 saturated carbocycles. The summed E-state index contributed by atoms with van der Waals surface area (Å²) in [5.74, 6) is 0.878. The Bertz CT molecular complexity index is 522. The first-order valence-corrected chi connectivity index (χ1v) is 6.69. The van der Waals surface area contributed by atoms with Gasteiger partial charge in [-0.05, 0) is 29.7 Å². The maximum Gasteiger partial charge on any atom is 0.119 e. The summed E-state index contributed by atoms with van der Waals surface area (Å²) in [5, 5.41) is 0. The fraction of sp³-hybridized carbons (Fsp3) is 0.188. The first-order valence-electron chi connectivity index (χ1n) is 6.28. The molecule has 0 bridgehead atoms. The van der Waals surface area contributed by atoms with Crippen molar-refractivity contribution in [1.82, 2.24) is 0 Å². The Morgan fingerprint density at radius 2 is 1.63 bits per heavy atom. The molecule has 0 fully saturated rings. The van der Waals surface area contributed by atoms with Gasteiger partial charge in [0.15, 0.2) is 0 Å². The molecule has 0 atom stereocenters. The van der Waals surface area contributed by atoms with Crippen LogP contribution in [0.5, 0.6) is 5.75 Å². The summed E-state index contributed by atoms with van der Waals surface area (Å²) >= 11 is 4.87. The Balaban J connectivity index is 1.86. The number of thiocarbonyl (C=S) groups is 1. The molecule has 2 aromatic carbocycles. The van der Waals surface area contributed by atoms with Gasteiger partial charge < -0.3 is 10.5 Å². The van der Waals surface area contributed by atoms with Crippen LogP contribution in [0.3, 0.4) is 0 Å². The summed E-state index contributed by atoms with van der Waals surface area (Å²) in [5.41, 5.74) is 7.88. The minimum atomic E-state index is 0.560. The molecule has 0 spiro atoms. The molecule has 98 valence electrons. The number of nitrogens with two attached hydrogens (primary N) is 1. The van der Waals surface area contributed by atoms with Gasteiger partial charge in [0.25, 0.3) is 0 Å². The van der Waals surface area contributed by atoms with E-state index in [-0.39, 0.29) is 0 Å². The summed E-state index contributed by atoms with van der Waals surface area (Å²) in [6, 6.07) is 18.2. The maximum absolute atomic E-state index is 5.72. The lowest BCUT2D eigenvalue weighted by molar-refractivity contribution is 0.306. The van der Waals surface area contributed by atoms with Crippen molar-refractivity contribution in [3.8, 4) is 5.75 Å². The van der Waals surface area contributed by atoms with Crippen LogP contribution < -0.4 is 10.5 Å². The largest absolute Gasteiger partial charge is 0.489 e. The minimum Gasteiger partial charge on any atom is -0.489 e. The van der Waals surface area contributed by atoms with E-state index in [2.05, 4.69) is 24.3 Å². The van der Waals surface area contributed by atoms with Crippen LogP contribution in [-0.2, 0) is 13.0 Å². The Kier molecular flexibility index (Phi) is 4.93. The lowest BCUT2D eigenvalue weighted by Crippen LogP contribution is -2.08. The molecule has 2 nitrogen and oxygen atoms in total. The van der Waals surface area contributed by atoms with E-state index in [1.807, 2.05) is 30.3 Å². The maximum atomic E-state index is 5.72. The average Bonchev–Trinajstić information content (AvgIpc) is 2.45. The quantitative estimate of drug-likeness (QED) is 0.817. The van der Waals surface area contributed by atoms with Crippen molar-refractivity contribution in [2.75, 3.05) is 0 Å². The molecule has 0 heterocycles. The van der Waals surface area contributed by atoms with Gasteiger partial charge in [-0.2, -0.15) is 0 Å². The van der Waals surface area contributed by atoms with E-state index in [9.17, 15) is 0 Å². The van der Waals surface area contributed by atoms with E-state index in [4.69, 9.17) is 22.7 Å². The highest BCUT2D eigenvalue weighted by molar-refractivity contribution is 7.80. The molecule has 19 heavy (non-hydrogen) atoms. The van der Waals surface area contributed by atoms with Crippen LogP contribution in [0, 0.1) is 0 Å². The Labute approximate surface area is 119 Å². The van der Waals surface area contributed by atoms with E-state index >= 15 is 0 Å². The number of rotatable bonds is 6. The number of ether oxygens (including phenoxy) is 1. The molecule has 2 aromatic rings. The number of hydrogen-bond acceptors (Lipinski definition) is 2. The van der Waals surface area contributed by atoms with Crippen LogP contribution in [0.1, 0.15) is 17.5 Å². The molecule has 0 aliphatic rings. The average molecular weight is 271 g/mol. The van der Waals surface area contributed by atoms with Crippen molar-refractivity contribution >= 4 is 17.2 Å². The third-order valence-electron chi connectivity index (χ3n) is 2.83. The number of benzene rings is 2. The van der Waals surface area contributed by atoms with E-state index in [0.29, 0.717) is 11.6 Å². The normalized spacial score (nSPS) is 10.1. The summed E-state index contributed by atoms with van der Waals surface area (Å²) < 4.78 is 5.72. The van der Waals surface area contributed by atoms with Crippen molar-refractivity contribution in [2.24, 2.45) is 5.73 Å². The lowest BCUT2D eigenvalue weighted by Gasteiger charge is -2.07. The molecule has 0 saturated heterocycles. The van der Waals surface area contributed by atoms with Crippen LogP contribution >= 0.6 is 12.2 Å². The van der Waals surface area contributed by atoms with Crippen LogP contribution in [-0.4, -0.2) is 4.99 Å². The smallest absolute Gasteiger partial charge is 0.119 e. The first-order chi connectivity index (χ1) is 9.24. The molecule has 0 radical (unpaired) electrons. The highest BCUT2D eigenvalue weighted by Crippen LogP contribution is 2.15. The number of aryl methyl sites for hydroxylation is 1. The fourth-order valence-electron chi connectivity index (χ4n) is 1.76. The van der Waals surface area contributed by atoms with Crippen LogP contribution in [0.4, 0.5) is 0 Å². The summed E-state index contributed by atoms with van der Waals surface area (Å²) in [4.78, 5) is 0.560. The highest BCUT2D eigenvalue weighted by Gasteiger charge is 1.98. The fourth-order valence-corrected chi connectivity index (χ4v) is 1.86. The molecular formula is C16H17NOS. The van der Waals surface area contributed by atoms with Crippen molar-refractivity contribution in [3.63, 3.8) is 0 Å². The van der Waals surface area contributed by atoms with Crippen molar-refractivity contribution in [3.05, 3.63) is 65.7 Å². The second-order valence-corrected chi connectivity index (χ2v) is 4.91. The predicted octanol–water partition coefficient (Wildman–Crippen LogP) is 3.48. The van der Waals surface area contributed by atoms with Crippen LogP contribution in [0.15, 0.2) is 54.6 Å². The SMILES string of the molecule is NC(=S)CCc1ccc(OCc2ccccc2)cc1. The van der Waals surface area contributed by atoms with Crippen molar-refractivity contribution < 1.29 is 4.74 Å². The van der Waals surface area contributed by atoms with Gasteiger partial charge in [0.2, 0.25) is 0 Å². The molecule has 0 aliphatic heterocycles. The standard InChI is InChI=1S/C16H17NOS/c17-16(19)11-8-13-6-9-15(10-7-13)18-12-14-4-2-1-3-5-14/h1-7,9-10H,8,11-12H2,(H2,17,19). The zero-order chi connectivity index (χ0) is 13.5. The second kappa shape index (κ2) is 6.90. The van der Waals surface area contributed by atoms with E-state index in [1.54, 1.807) is 0 Å². The Morgan fingerprint density at radius 1 is 0.947 bits per heavy atom. The molecule has 0 amide bonds. The van der Waals surface area contributed by atoms with Gasteiger partial charge >= 0.3 is 0 Å². The van der Waals surface area contributed by atoms with E-state index in [0.717, 1.165) is 18.6 Å². The highest BCUT2D eigenvalue weighted by atomic mass is 32.1. The molecule has 0 aromatic heterocycles. The summed E-state index contributed by atoms with van der Waals surface area (Å²) in [6.07, 6.45) is 1.63. The predicted molar refractivity (Wildman–Crippen MR) is 82.3 cm³/mol. The van der Waals surface area contributed by atoms with Gasteiger partial charge in [-0.25, -0.2) is 0 Å². The minimum absolute atomic E-state index is 0.560. The van der Waals surface area contributed by atoms with Crippen molar-refractivity contribution in [1.29, 1.82) is 0 Å². The zero-order valence-electron chi connectivity index (χ0n) is 10.7. The topological polar surface area (TPSA) is 35.2 Å². The molecule has 0 aliphatic carbocycles. The van der Waals surface area contributed by atoms with Gasteiger partial charge in [-0.3, -0.25) is 0 Å². The van der Waals surface area contributed by atoms with Crippen LogP contribution in [0.2, 0.25) is 0 Å². The van der Waals surface area contributed by atoms with Crippen LogP contribution in [0.25, 0.3) is 0 Å². The van der Waals surface area contributed by atoms with E-state index < -0.39 is 0 Å². The molecule has 3 heteroatoms. The zero-order valence-corrected chi connectivity index (χ0v) is 11.5. The summed E-state index contributed by atoms with van der Waals surface area (Å²) in [7, 11) is 0. The Hall–Kier alpha value is -1.87. The molecular weight excluding hydrogens is 254 g/mol. The third kappa shape index (κ3) is 4.72. The molecule has 2 N–H and O–H groups in total. The van der Waals surface area contributed by atoms with Gasteiger partial charge in [-0.1, -0.05) is 54.7 Å². The third-order valence-corrected chi connectivity index (χ3v) is 3.04. The second-order valence-electron chi connectivity index (χ2n) is 4.38. The van der Waals surface area contributed by atoms with Gasteiger partial charge in [0.1, 0.15) is 12.4 Å². The van der Waals surface area contributed by atoms with Crippen molar-refractivity contribution in [2.45, 2.75) is 19.4 Å². The van der Waals surface area contributed by atoms with E-state index in [1.165, 1.54) is 11.1 Å². The first kappa shape index (κ1) is 13.6. The molecule has 0 unspecified atom stereocenters. The van der Waals surface area contributed by atoms with Gasteiger partial charge in [-0.15, -0.1) is 0 Å². The lowest BCUT2D eigenvalue weighted by atomic mass is 10.1. The monoisotopic (exact) mass is 271 g/mol. The molecule has 2 rings (SSSR count). The number of hydrogen-bond donors (Lipinski definition) is 1. The van der Waals surface area contributed by atoms with Gasteiger partial charge in [0.05, 0.1) is 4.99 Å². The summed E-state index contributed by atoms with van der Waals surface area (Å²) in [6.45, 7) is 0.590. The van der Waals surface area contributed by atoms with Gasteiger partial charge in [0, 0.05) is 6.42 Å². The Morgan fingerprint density at radius 3 is 2.26 bits per heavy atom.